The van der Waals surface area contributed by atoms with Crippen molar-refractivity contribution in [3.05, 3.63) is 30.0 Å². The summed E-state index contributed by atoms with van der Waals surface area (Å²) in [6.45, 7) is 0.742. The minimum absolute atomic E-state index is 0.0498. The average Bonchev–Trinajstić information content (AvgIpc) is 2.86. The Morgan fingerprint density at radius 3 is 3.06 bits per heavy atom. The summed E-state index contributed by atoms with van der Waals surface area (Å²) >= 11 is 0. The molecule has 3 N–H and O–H groups in total. The van der Waals surface area contributed by atoms with Gasteiger partial charge >= 0.3 is 0 Å². The molecule has 1 aromatic carbocycles. The van der Waals surface area contributed by atoms with E-state index in [9.17, 15) is 9.50 Å². The Kier molecular flexibility index (Phi) is 2.52. The highest BCUT2D eigenvalue weighted by Gasteiger charge is 2.36. The van der Waals surface area contributed by atoms with E-state index in [0.29, 0.717) is 12.2 Å². The number of nitrogens with one attached hydrogen (secondary N) is 2. The van der Waals surface area contributed by atoms with Gasteiger partial charge in [-0.3, -0.25) is 0 Å². The number of H-pyrrole nitrogens is 1. The predicted octanol–water partition coefficient (Wildman–Crippen LogP) is 2.12. The van der Waals surface area contributed by atoms with Crippen LogP contribution in [0.3, 0.4) is 0 Å². The molecular formula is C13H15FN2O. The van der Waals surface area contributed by atoms with Gasteiger partial charge in [-0.25, -0.2) is 4.39 Å². The van der Waals surface area contributed by atoms with Crippen molar-refractivity contribution in [1.82, 2.24) is 10.3 Å². The van der Waals surface area contributed by atoms with Gasteiger partial charge in [-0.1, -0.05) is 6.07 Å². The topological polar surface area (TPSA) is 48.0 Å². The van der Waals surface area contributed by atoms with Gasteiger partial charge in [-0.05, 0) is 37.1 Å². The molecule has 3 rings (SSSR count). The number of halogens is 1. The largest absolute Gasteiger partial charge is 0.507 e. The number of aromatic nitrogens is 1. The van der Waals surface area contributed by atoms with Crippen LogP contribution < -0.4 is 5.32 Å². The summed E-state index contributed by atoms with van der Waals surface area (Å²) in [5.41, 5.74) is 2.01. The third kappa shape index (κ3) is 2.00. The number of phenolic OH excluding ortho intramolecular Hbond substituents is 1. The summed E-state index contributed by atoms with van der Waals surface area (Å²) < 4.78 is 12.6. The first-order valence-corrected chi connectivity index (χ1v) is 5.91. The van der Waals surface area contributed by atoms with Crippen LogP contribution in [0.2, 0.25) is 0 Å². The summed E-state index contributed by atoms with van der Waals surface area (Å²) in [4.78, 5) is 3.13. The van der Waals surface area contributed by atoms with Gasteiger partial charge in [0.05, 0.1) is 0 Å². The fourth-order valence-electron chi connectivity index (χ4n) is 2.20. The predicted molar refractivity (Wildman–Crippen MR) is 65.0 cm³/mol. The minimum atomic E-state index is -0.661. The molecule has 1 saturated carbocycles. The van der Waals surface area contributed by atoms with Gasteiger partial charge in [0.15, 0.2) is 0 Å². The molecular weight excluding hydrogens is 219 g/mol. The average molecular weight is 234 g/mol. The van der Waals surface area contributed by atoms with Gasteiger partial charge in [0.25, 0.3) is 0 Å². The zero-order valence-corrected chi connectivity index (χ0v) is 9.41. The summed E-state index contributed by atoms with van der Waals surface area (Å²) in [6, 6.07) is 5.48. The lowest BCUT2D eigenvalue weighted by Gasteiger charge is -2.02. The molecule has 4 heteroatoms. The van der Waals surface area contributed by atoms with E-state index < -0.39 is 6.17 Å². The van der Waals surface area contributed by atoms with E-state index in [2.05, 4.69) is 10.3 Å². The van der Waals surface area contributed by atoms with Crippen molar-refractivity contribution in [2.75, 3.05) is 6.54 Å². The van der Waals surface area contributed by atoms with Crippen molar-refractivity contribution in [2.24, 2.45) is 0 Å². The number of hydrogen-bond acceptors (Lipinski definition) is 2. The normalized spacial score (nSPS) is 23.1. The maximum absolute atomic E-state index is 12.6. The molecule has 0 aliphatic heterocycles. The lowest BCUT2D eigenvalue weighted by Crippen LogP contribution is -2.21. The molecule has 0 spiro atoms. The number of aromatic amines is 1. The van der Waals surface area contributed by atoms with Crippen LogP contribution >= 0.6 is 0 Å². The fourth-order valence-corrected chi connectivity index (χ4v) is 2.20. The van der Waals surface area contributed by atoms with E-state index in [0.717, 1.165) is 29.4 Å². The van der Waals surface area contributed by atoms with Gasteiger partial charge in [0.2, 0.25) is 0 Å². The van der Waals surface area contributed by atoms with Gasteiger partial charge < -0.3 is 15.4 Å². The van der Waals surface area contributed by atoms with E-state index in [4.69, 9.17) is 0 Å². The Hall–Kier alpha value is -1.55. The SMILES string of the molecule is Oc1cccc2[nH]cc(CCNC3CC3F)c12. The lowest BCUT2D eigenvalue weighted by molar-refractivity contribution is 0.447. The zero-order chi connectivity index (χ0) is 11.8. The summed E-state index contributed by atoms with van der Waals surface area (Å²) in [5.74, 6) is 0.300. The second-order valence-corrected chi connectivity index (χ2v) is 4.58. The number of hydrogen-bond donors (Lipinski definition) is 3. The monoisotopic (exact) mass is 234 g/mol. The first-order valence-electron chi connectivity index (χ1n) is 5.91. The van der Waals surface area contributed by atoms with E-state index in [1.807, 2.05) is 18.3 Å². The van der Waals surface area contributed by atoms with Crippen molar-refractivity contribution in [2.45, 2.75) is 25.1 Å². The van der Waals surface area contributed by atoms with Crippen LogP contribution in [0.1, 0.15) is 12.0 Å². The molecule has 0 amide bonds. The lowest BCUT2D eigenvalue weighted by atomic mass is 10.1. The van der Waals surface area contributed by atoms with Crippen molar-refractivity contribution >= 4 is 10.9 Å². The fraction of sp³-hybridized carbons (Fsp3) is 0.385. The Morgan fingerprint density at radius 2 is 2.29 bits per heavy atom. The number of alkyl halides is 1. The van der Waals surface area contributed by atoms with E-state index >= 15 is 0 Å². The maximum Gasteiger partial charge on any atom is 0.125 e. The first-order chi connectivity index (χ1) is 8.25. The molecule has 3 nitrogen and oxygen atoms in total. The smallest absolute Gasteiger partial charge is 0.125 e. The molecule has 1 aliphatic carbocycles. The number of aromatic hydroxyl groups is 1. The Balaban J connectivity index is 1.72. The molecule has 2 unspecified atom stereocenters. The van der Waals surface area contributed by atoms with E-state index in [-0.39, 0.29) is 6.04 Å². The van der Waals surface area contributed by atoms with Crippen LogP contribution in [0.15, 0.2) is 24.4 Å². The number of phenols is 1. The molecule has 0 saturated heterocycles. The molecule has 1 fully saturated rings. The second kappa shape index (κ2) is 4.04. The molecule has 1 aromatic heterocycles. The molecule has 2 aromatic rings. The van der Waals surface area contributed by atoms with Gasteiger partial charge in [0, 0.05) is 23.1 Å². The van der Waals surface area contributed by atoms with Gasteiger partial charge in [-0.2, -0.15) is 0 Å². The molecule has 0 radical (unpaired) electrons. The Morgan fingerprint density at radius 1 is 1.47 bits per heavy atom. The van der Waals surface area contributed by atoms with Gasteiger partial charge in [-0.15, -0.1) is 0 Å². The quantitative estimate of drug-likeness (QED) is 0.759. The first kappa shape index (κ1) is 10.6. The van der Waals surface area contributed by atoms with Crippen molar-refractivity contribution < 1.29 is 9.50 Å². The Bertz CT molecular complexity index is 537. The minimum Gasteiger partial charge on any atom is -0.507 e. The highest BCUT2D eigenvalue weighted by atomic mass is 19.1. The van der Waals surface area contributed by atoms with E-state index in [1.54, 1.807) is 6.07 Å². The summed E-state index contributed by atoms with van der Waals surface area (Å²) in [6.07, 6.45) is 2.68. The molecule has 2 atom stereocenters. The van der Waals surface area contributed by atoms with Crippen LogP contribution in [0.25, 0.3) is 10.9 Å². The highest BCUT2D eigenvalue weighted by molar-refractivity contribution is 5.88. The molecule has 1 aliphatic rings. The highest BCUT2D eigenvalue weighted by Crippen LogP contribution is 2.28. The molecule has 1 heterocycles. The number of benzene rings is 1. The number of fused-ring (bicyclic) bond motifs is 1. The third-order valence-electron chi connectivity index (χ3n) is 3.28. The summed E-state index contributed by atoms with van der Waals surface area (Å²) in [5, 5.41) is 13.8. The Labute approximate surface area is 98.7 Å². The molecule has 0 bridgehead atoms. The molecule has 17 heavy (non-hydrogen) atoms. The van der Waals surface area contributed by atoms with Crippen LogP contribution in [0.5, 0.6) is 5.75 Å². The van der Waals surface area contributed by atoms with E-state index in [1.165, 1.54) is 0 Å². The standard InChI is InChI=1S/C13H15FN2O/c14-9-6-11(9)15-5-4-8-7-16-10-2-1-3-12(17)13(8)10/h1-3,7,9,11,15-17H,4-6H2. The maximum atomic E-state index is 12.6. The van der Waals surface area contributed by atoms with Crippen LogP contribution in [0, 0.1) is 0 Å². The van der Waals surface area contributed by atoms with Crippen LogP contribution in [-0.4, -0.2) is 28.8 Å². The third-order valence-corrected chi connectivity index (χ3v) is 3.28. The molecule has 90 valence electrons. The van der Waals surface area contributed by atoms with Crippen molar-refractivity contribution in [3.8, 4) is 5.75 Å². The second-order valence-electron chi connectivity index (χ2n) is 4.58. The number of rotatable bonds is 4. The zero-order valence-electron chi connectivity index (χ0n) is 9.41. The summed E-state index contributed by atoms with van der Waals surface area (Å²) in [7, 11) is 0. The van der Waals surface area contributed by atoms with Crippen molar-refractivity contribution in [1.29, 1.82) is 0 Å². The van der Waals surface area contributed by atoms with Crippen LogP contribution in [0.4, 0.5) is 4.39 Å². The van der Waals surface area contributed by atoms with Gasteiger partial charge in [0.1, 0.15) is 11.9 Å². The van der Waals surface area contributed by atoms with Crippen LogP contribution in [-0.2, 0) is 6.42 Å². The van der Waals surface area contributed by atoms with Crippen molar-refractivity contribution in [3.63, 3.8) is 0 Å².